The molecule has 3 N–H and O–H groups in total. The molecule has 0 saturated carbocycles. The monoisotopic (exact) mass is 540 g/mol. The van der Waals surface area contributed by atoms with Gasteiger partial charge in [0.2, 0.25) is 0 Å². The molecule has 0 atom stereocenters. The first kappa shape index (κ1) is 26.5. The number of hydrogen-bond acceptors (Lipinski definition) is 8. The Balaban J connectivity index is 1.31. The van der Waals surface area contributed by atoms with Crippen LogP contribution >= 0.6 is 11.6 Å². The van der Waals surface area contributed by atoms with Crippen LogP contribution in [0.3, 0.4) is 0 Å². The topological polar surface area (TPSA) is 113 Å². The van der Waals surface area contributed by atoms with Crippen molar-refractivity contribution in [3.63, 3.8) is 0 Å². The summed E-state index contributed by atoms with van der Waals surface area (Å²) in [6.45, 7) is 8.67. The van der Waals surface area contributed by atoms with Crippen LogP contribution < -0.4 is 11.1 Å². The van der Waals surface area contributed by atoms with Crippen molar-refractivity contribution in [2.24, 2.45) is 0 Å². The Morgan fingerprint density at radius 1 is 1.05 bits per heavy atom. The molecule has 5 rings (SSSR count). The summed E-state index contributed by atoms with van der Waals surface area (Å²) in [5.41, 5.74) is 12.0. The number of benzene rings is 1. The maximum absolute atomic E-state index is 13.0. The van der Waals surface area contributed by atoms with E-state index in [4.69, 9.17) is 17.3 Å². The summed E-state index contributed by atoms with van der Waals surface area (Å²) < 4.78 is 0. The highest BCUT2D eigenvalue weighted by Gasteiger charge is 2.16. The van der Waals surface area contributed by atoms with Crippen molar-refractivity contribution in [3.8, 4) is 11.8 Å². The van der Waals surface area contributed by atoms with Crippen molar-refractivity contribution in [3.05, 3.63) is 81.5 Å². The van der Waals surface area contributed by atoms with Crippen LogP contribution in [-0.4, -0.2) is 68.9 Å². The number of fused-ring (bicyclic) bond motifs is 1. The van der Waals surface area contributed by atoms with Gasteiger partial charge in [0.25, 0.3) is 5.91 Å². The highest BCUT2D eigenvalue weighted by atomic mass is 35.5. The number of piperazine rings is 1. The summed E-state index contributed by atoms with van der Waals surface area (Å²) in [4.78, 5) is 35.2. The molecule has 1 fully saturated rings. The molecular formula is C29H29ClN8O. The molecule has 0 bridgehead atoms. The number of rotatable bonds is 4. The number of carbonyl (C=O) groups excluding carboxylic acids is 1. The Morgan fingerprint density at radius 2 is 1.82 bits per heavy atom. The smallest absolute Gasteiger partial charge is 0.257 e. The first-order valence-corrected chi connectivity index (χ1v) is 13.0. The molecule has 3 aromatic heterocycles. The zero-order valence-electron chi connectivity index (χ0n) is 22.1. The first-order valence-electron chi connectivity index (χ1n) is 12.6. The Labute approximate surface area is 232 Å². The van der Waals surface area contributed by atoms with Crippen molar-refractivity contribution >= 4 is 40.0 Å². The third kappa shape index (κ3) is 6.15. The Kier molecular flexibility index (Phi) is 7.70. The lowest BCUT2D eigenvalue weighted by atomic mass is 10.1. The number of aryl methyl sites for hydroxylation is 2. The molecule has 9 nitrogen and oxygen atoms in total. The standard InChI is InChI=1S/C29H29ClN8O/c1-18-19(2)35-27-24(28(31)33-16-26(27)34-18)7-4-20-12-22(15-32-14-20)29(39)36-23-6-5-21(25(30)13-23)17-38-10-8-37(3)9-11-38/h5-6,12-16H,8-11,17H2,1-3H3,(H2,31,33)(H,36,39). The van der Waals surface area contributed by atoms with E-state index in [0.29, 0.717) is 38.4 Å². The molecule has 0 radical (unpaired) electrons. The minimum Gasteiger partial charge on any atom is -0.383 e. The lowest BCUT2D eigenvalue weighted by Crippen LogP contribution is -2.43. The fourth-order valence-corrected chi connectivity index (χ4v) is 4.55. The van der Waals surface area contributed by atoms with E-state index in [9.17, 15) is 4.79 Å². The molecule has 1 saturated heterocycles. The highest BCUT2D eigenvalue weighted by molar-refractivity contribution is 6.31. The molecule has 1 aliphatic rings. The Bertz CT molecular complexity index is 1620. The normalized spacial score (nSPS) is 14.2. The maximum Gasteiger partial charge on any atom is 0.257 e. The van der Waals surface area contributed by atoms with E-state index in [0.717, 1.165) is 49.7 Å². The molecule has 1 aliphatic heterocycles. The highest BCUT2D eigenvalue weighted by Crippen LogP contribution is 2.24. The predicted molar refractivity (Wildman–Crippen MR) is 154 cm³/mol. The molecular weight excluding hydrogens is 512 g/mol. The third-order valence-corrected chi connectivity index (χ3v) is 7.14. The molecule has 0 aliphatic carbocycles. The van der Waals surface area contributed by atoms with E-state index in [2.05, 4.69) is 53.9 Å². The Hall–Kier alpha value is -4.10. The number of nitrogen functional groups attached to an aromatic ring is 1. The van der Waals surface area contributed by atoms with Crippen molar-refractivity contribution in [2.45, 2.75) is 20.4 Å². The number of likely N-dealkylation sites (N-methyl/N-ethyl adjacent to an activating group) is 1. The number of anilines is 2. The van der Waals surface area contributed by atoms with Gasteiger partial charge in [-0.3, -0.25) is 14.7 Å². The summed E-state index contributed by atoms with van der Waals surface area (Å²) in [6.07, 6.45) is 4.67. The minimum atomic E-state index is -0.308. The van der Waals surface area contributed by atoms with Gasteiger partial charge >= 0.3 is 0 Å². The van der Waals surface area contributed by atoms with Gasteiger partial charge in [-0.05, 0) is 44.7 Å². The van der Waals surface area contributed by atoms with E-state index in [1.807, 2.05) is 26.0 Å². The van der Waals surface area contributed by atoms with Gasteiger partial charge in [0.15, 0.2) is 0 Å². The number of nitrogens with one attached hydrogen (secondary N) is 1. The lowest BCUT2D eigenvalue weighted by Gasteiger charge is -2.32. The molecule has 1 aromatic carbocycles. The zero-order chi connectivity index (χ0) is 27.5. The van der Waals surface area contributed by atoms with Gasteiger partial charge in [0.05, 0.1) is 28.7 Å². The van der Waals surface area contributed by atoms with Crippen LogP contribution in [0.15, 0.2) is 42.9 Å². The van der Waals surface area contributed by atoms with Crippen LogP contribution in [0.4, 0.5) is 11.5 Å². The van der Waals surface area contributed by atoms with Gasteiger partial charge in [-0.2, -0.15) is 0 Å². The zero-order valence-corrected chi connectivity index (χ0v) is 22.9. The fraction of sp³-hybridized carbons (Fsp3) is 0.276. The van der Waals surface area contributed by atoms with Crippen molar-refractivity contribution in [1.29, 1.82) is 0 Å². The second kappa shape index (κ2) is 11.3. The SMILES string of the molecule is Cc1nc2cnc(N)c(C#Cc3cncc(C(=O)Nc4ccc(CN5CCN(C)CC5)c(Cl)c4)c3)c2nc1C. The van der Waals surface area contributed by atoms with E-state index in [1.165, 1.54) is 6.20 Å². The number of nitrogens with zero attached hydrogens (tertiary/aromatic N) is 6. The molecule has 39 heavy (non-hydrogen) atoms. The van der Waals surface area contributed by atoms with E-state index in [-0.39, 0.29) is 11.7 Å². The second-order valence-corrected chi connectivity index (χ2v) is 10.1. The van der Waals surface area contributed by atoms with E-state index < -0.39 is 0 Å². The van der Waals surface area contributed by atoms with Crippen LogP contribution in [0, 0.1) is 25.7 Å². The van der Waals surface area contributed by atoms with Gasteiger partial charge in [-0.1, -0.05) is 29.5 Å². The molecule has 0 unspecified atom stereocenters. The second-order valence-electron chi connectivity index (χ2n) is 9.70. The fourth-order valence-electron chi connectivity index (χ4n) is 4.30. The summed E-state index contributed by atoms with van der Waals surface area (Å²) in [6, 6.07) is 7.29. The summed E-state index contributed by atoms with van der Waals surface area (Å²) in [5, 5.41) is 3.53. The number of carbonyl (C=O) groups is 1. The summed E-state index contributed by atoms with van der Waals surface area (Å²) in [5.74, 6) is 6.04. The van der Waals surface area contributed by atoms with Crippen molar-refractivity contribution < 1.29 is 4.79 Å². The minimum absolute atomic E-state index is 0.266. The van der Waals surface area contributed by atoms with Crippen LogP contribution in [0.25, 0.3) is 11.0 Å². The molecule has 4 aromatic rings. The number of halogens is 1. The van der Waals surface area contributed by atoms with Crippen molar-refractivity contribution in [1.82, 2.24) is 29.7 Å². The molecule has 0 spiro atoms. The van der Waals surface area contributed by atoms with E-state index in [1.54, 1.807) is 24.5 Å². The average Bonchev–Trinajstić information content (AvgIpc) is 2.92. The van der Waals surface area contributed by atoms with E-state index >= 15 is 0 Å². The number of pyridine rings is 2. The van der Waals surface area contributed by atoms with Crippen LogP contribution in [0.1, 0.15) is 38.4 Å². The Morgan fingerprint density at radius 3 is 2.59 bits per heavy atom. The quantitative estimate of drug-likeness (QED) is 0.377. The van der Waals surface area contributed by atoms with Crippen LogP contribution in [0.5, 0.6) is 0 Å². The number of amides is 1. The predicted octanol–water partition coefficient (Wildman–Crippen LogP) is 3.67. The van der Waals surface area contributed by atoms with Gasteiger partial charge in [0, 0.05) is 61.4 Å². The molecule has 198 valence electrons. The van der Waals surface area contributed by atoms with Gasteiger partial charge in [-0.15, -0.1) is 0 Å². The first-order chi connectivity index (χ1) is 18.8. The van der Waals surface area contributed by atoms with Gasteiger partial charge in [0.1, 0.15) is 16.9 Å². The van der Waals surface area contributed by atoms with Gasteiger partial charge < -0.3 is 16.0 Å². The largest absolute Gasteiger partial charge is 0.383 e. The van der Waals surface area contributed by atoms with Gasteiger partial charge in [-0.25, -0.2) is 15.0 Å². The maximum atomic E-state index is 13.0. The number of nitrogens with two attached hydrogens (primary N) is 1. The lowest BCUT2D eigenvalue weighted by molar-refractivity contribution is 0.102. The number of hydrogen-bond donors (Lipinski definition) is 2. The summed E-state index contributed by atoms with van der Waals surface area (Å²) >= 11 is 6.56. The van der Waals surface area contributed by atoms with Crippen LogP contribution in [0.2, 0.25) is 5.02 Å². The molecule has 4 heterocycles. The van der Waals surface area contributed by atoms with Crippen molar-refractivity contribution in [2.75, 3.05) is 44.3 Å². The molecule has 1 amide bonds. The summed E-state index contributed by atoms with van der Waals surface area (Å²) in [7, 11) is 2.13. The average molecular weight is 541 g/mol. The van der Waals surface area contributed by atoms with Crippen LogP contribution in [-0.2, 0) is 6.54 Å². The number of aromatic nitrogens is 4. The molecule has 10 heteroatoms. The third-order valence-electron chi connectivity index (χ3n) is 6.79.